The topological polar surface area (TPSA) is 84.9 Å². The SMILES string of the molecule is COc1ccc(N(CC(=O)NC(C)C)S(=O)(=O)c2ccc(C)cc2)c(OC)c1. The highest BCUT2D eigenvalue weighted by molar-refractivity contribution is 7.92. The largest absolute Gasteiger partial charge is 0.497 e. The van der Waals surface area contributed by atoms with Crippen molar-refractivity contribution in [1.29, 1.82) is 0 Å². The van der Waals surface area contributed by atoms with E-state index in [1.807, 2.05) is 20.8 Å². The van der Waals surface area contributed by atoms with Gasteiger partial charge in [-0.05, 0) is 45.0 Å². The minimum absolute atomic E-state index is 0.0910. The molecule has 152 valence electrons. The smallest absolute Gasteiger partial charge is 0.264 e. The van der Waals surface area contributed by atoms with Gasteiger partial charge in [-0.3, -0.25) is 9.10 Å². The molecule has 1 amide bonds. The zero-order chi connectivity index (χ0) is 20.9. The van der Waals surface area contributed by atoms with E-state index in [2.05, 4.69) is 5.32 Å². The van der Waals surface area contributed by atoms with E-state index in [4.69, 9.17) is 9.47 Å². The number of nitrogens with zero attached hydrogens (tertiary/aromatic N) is 1. The summed E-state index contributed by atoms with van der Waals surface area (Å²) in [6.07, 6.45) is 0. The van der Waals surface area contributed by atoms with Crippen LogP contribution in [0.1, 0.15) is 19.4 Å². The van der Waals surface area contributed by atoms with Gasteiger partial charge >= 0.3 is 0 Å². The van der Waals surface area contributed by atoms with Crippen LogP contribution in [0.2, 0.25) is 0 Å². The molecule has 0 aliphatic carbocycles. The molecule has 2 aromatic rings. The second-order valence-electron chi connectivity index (χ2n) is 6.58. The van der Waals surface area contributed by atoms with Crippen molar-refractivity contribution >= 4 is 21.6 Å². The third kappa shape index (κ3) is 4.95. The Kier molecular flexibility index (Phi) is 6.90. The molecule has 2 aromatic carbocycles. The molecule has 0 aromatic heterocycles. The van der Waals surface area contributed by atoms with E-state index in [9.17, 15) is 13.2 Å². The van der Waals surface area contributed by atoms with Gasteiger partial charge in [0.1, 0.15) is 18.0 Å². The van der Waals surface area contributed by atoms with Crippen LogP contribution in [0.3, 0.4) is 0 Å². The van der Waals surface area contributed by atoms with Crippen molar-refractivity contribution in [3.63, 3.8) is 0 Å². The van der Waals surface area contributed by atoms with Gasteiger partial charge in [-0.15, -0.1) is 0 Å². The molecule has 0 atom stereocenters. The fraction of sp³-hybridized carbons (Fsp3) is 0.350. The molecule has 0 saturated carbocycles. The third-order valence-electron chi connectivity index (χ3n) is 4.00. The molecule has 0 heterocycles. The normalized spacial score (nSPS) is 11.2. The summed E-state index contributed by atoms with van der Waals surface area (Å²) in [6.45, 7) is 5.11. The number of anilines is 1. The van der Waals surface area contributed by atoms with Gasteiger partial charge in [-0.1, -0.05) is 17.7 Å². The number of aryl methyl sites for hydroxylation is 1. The van der Waals surface area contributed by atoms with E-state index < -0.39 is 15.9 Å². The Balaban J connectivity index is 2.57. The predicted octanol–water partition coefficient (Wildman–Crippen LogP) is 2.73. The number of sulfonamides is 1. The van der Waals surface area contributed by atoms with Crippen LogP contribution in [0.5, 0.6) is 11.5 Å². The van der Waals surface area contributed by atoms with Gasteiger partial charge in [0.2, 0.25) is 5.91 Å². The number of ether oxygens (including phenoxy) is 2. The summed E-state index contributed by atoms with van der Waals surface area (Å²) in [5.74, 6) is 0.385. The van der Waals surface area contributed by atoms with Crippen LogP contribution in [0, 0.1) is 6.92 Å². The molecule has 0 spiro atoms. The first-order valence-electron chi connectivity index (χ1n) is 8.80. The second kappa shape index (κ2) is 8.97. The summed E-state index contributed by atoms with van der Waals surface area (Å²) in [7, 11) is -1.06. The molecule has 2 rings (SSSR count). The van der Waals surface area contributed by atoms with Gasteiger partial charge in [0.05, 0.1) is 24.8 Å². The molecule has 8 heteroatoms. The zero-order valence-corrected chi connectivity index (χ0v) is 17.5. The summed E-state index contributed by atoms with van der Waals surface area (Å²) in [4.78, 5) is 12.5. The lowest BCUT2D eigenvalue weighted by atomic mass is 10.2. The standard InChI is InChI=1S/C20H26N2O5S/c1-14(2)21-20(23)13-22(18-11-8-16(26-4)12-19(18)27-5)28(24,25)17-9-6-15(3)7-10-17/h6-12,14H,13H2,1-5H3,(H,21,23). The molecule has 0 fully saturated rings. The van der Waals surface area contributed by atoms with E-state index in [0.717, 1.165) is 9.87 Å². The number of rotatable bonds is 8. The highest BCUT2D eigenvalue weighted by Crippen LogP contribution is 2.35. The number of methoxy groups -OCH3 is 2. The Morgan fingerprint density at radius 3 is 2.25 bits per heavy atom. The Hall–Kier alpha value is -2.74. The lowest BCUT2D eigenvalue weighted by Crippen LogP contribution is -2.43. The predicted molar refractivity (Wildman–Crippen MR) is 109 cm³/mol. The molecule has 0 aliphatic heterocycles. The molecule has 0 radical (unpaired) electrons. The fourth-order valence-corrected chi connectivity index (χ4v) is 4.06. The summed E-state index contributed by atoms with van der Waals surface area (Å²) in [5, 5.41) is 2.73. The maximum atomic E-state index is 13.3. The number of carbonyl (C=O) groups is 1. The quantitative estimate of drug-likeness (QED) is 0.729. The second-order valence-corrected chi connectivity index (χ2v) is 8.45. The number of hydrogen-bond donors (Lipinski definition) is 1. The van der Waals surface area contributed by atoms with Crippen molar-refractivity contribution in [2.75, 3.05) is 25.1 Å². The van der Waals surface area contributed by atoms with Gasteiger partial charge in [-0.2, -0.15) is 0 Å². The Morgan fingerprint density at radius 2 is 1.71 bits per heavy atom. The van der Waals surface area contributed by atoms with Gasteiger partial charge < -0.3 is 14.8 Å². The van der Waals surface area contributed by atoms with Crippen LogP contribution in [-0.4, -0.2) is 41.1 Å². The maximum Gasteiger partial charge on any atom is 0.264 e. The van der Waals surface area contributed by atoms with Crippen LogP contribution in [-0.2, 0) is 14.8 Å². The van der Waals surface area contributed by atoms with E-state index in [-0.39, 0.29) is 28.9 Å². The molecule has 0 bridgehead atoms. The fourth-order valence-electron chi connectivity index (χ4n) is 2.63. The van der Waals surface area contributed by atoms with Crippen LogP contribution < -0.4 is 19.1 Å². The number of carbonyl (C=O) groups excluding carboxylic acids is 1. The monoisotopic (exact) mass is 406 g/mol. The van der Waals surface area contributed by atoms with E-state index >= 15 is 0 Å². The summed E-state index contributed by atoms with van der Waals surface area (Å²) >= 11 is 0. The van der Waals surface area contributed by atoms with Crippen molar-refractivity contribution in [2.45, 2.75) is 31.7 Å². The van der Waals surface area contributed by atoms with E-state index in [1.165, 1.54) is 26.4 Å². The first-order chi connectivity index (χ1) is 13.2. The van der Waals surface area contributed by atoms with E-state index in [0.29, 0.717) is 5.75 Å². The van der Waals surface area contributed by atoms with Gasteiger partial charge in [0.15, 0.2) is 0 Å². The van der Waals surface area contributed by atoms with Gasteiger partial charge in [-0.25, -0.2) is 8.42 Å². The molecule has 0 aliphatic rings. The highest BCUT2D eigenvalue weighted by atomic mass is 32.2. The molecule has 1 N–H and O–H groups in total. The van der Waals surface area contributed by atoms with Crippen molar-refractivity contribution < 1.29 is 22.7 Å². The van der Waals surface area contributed by atoms with Gasteiger partial charge in [0.25, 0.3) is 10.0 Å². The molecular weight excluding hydrogens is 380 g/mol. The maximum absolute atomic E-state index is 13.3. The number of nitrogens with one attached hydrogen (secondary N) is 1. The molecule has 7 nitrogen and oxygen atoms in total. The third-order valence-corrected chi connectivity index (χ3v) is 5.78. The van der Waals surface area contributed by atoms with Crippen LogP contribution >= 0.6 is 0 Å². The minimum atomic E-state index is -4.00. The highest BCUT2D eigenvalue weighted by Gasteiger charge is 2.29. The van der Waals surface area contributed by atoms with Gasteiger partial charge in [0, 0.05) is 12.1 Å². The van der Waals surface area contributed by atoms with E-state index in [1.54, 1.807) is 30.3 Å². The molecule has 0 saturated heterocycles. The van der Waals surface area contributed by atoms with Crippen molar-refractivity contribution in [1.82, 2.24) is 5.32 Å². The number of hydrogen-bond acceptors (Lipinski definition) is 5. The summed E-state index contributed by atoms with van der Waals surface area (Å²) in [6, 6.07) is 11.1. The average molecular weight is 407 g/mol. The van der Waals surface area contributed by atoms with Crippen molar-refractivity contribution in [2.24, 2.45) is 0 Å². The van der Waals surface area contributed by atoms with Crippen molar-refractivity contribution in [3.05, 3.63) is 48.0 Å². The lowest BCUT2D eigenvalue weighted by molar-refractivity contribution is -0.120. The minimum Gasteiger partial charge on any atom is -0.497 e. The zero-order valence-electron chi connectivity index (χ0n) is 16.7. The Labute approximate surface area is 166 Å². The number of benzene rings is 2. The van der Waals surface area contributed by atoms with Crippen molar-refractivity contribution in [3.8, 4) is 11.5 Å². The molecule has 0 unspecified atom stereocenters. The molecule has 28 heavy (non-hydrogen) atoms. The summed E-state index contributed by atoms with van der Waals surface area (Å²) in [5.41, 5.74) is 1.19. The first kappa shape index (κ1) is 21.6. The van der Waals surface area contributed by atoms with Crippen LogP contribution in [0.25, 0.3) is 0 Å². The average Bonchev–Trinajstić information content (AvgIpc) is 2.65. The molecular formula is C20H26N2O5S. The summed E-state index contributed by atoms with van der Waals surface area (Å²) < 4.78 is 38.3. The Morgan fingerprint density at radius 1 is 1.07 bits per heavy atom. The Bertz CT molecular complexity index is 924. The van der Waals surface area contributed by atoms with Crippen LogP contribution in [0.15, 0.2) is 47.4 Å². The number of amides is 1. The van der Waals surface area contributed by atoms with Crippen LogP contribution in [0.4, 0.5) is 5.69 Å². The lowest BCUT2D eigenvalue weighted by Gasteiger charge is -2.26. The first-order valence-corrected chi connectivity index (χ1v) is 10.2.